The summed E-state index contributed by atoms with van der Waals surface area (Å²) in [7, 11) is 0. The van der Waals surface area contributed by atoms with Crippen molar-refractivity contribution in [1.29, 1.82) is 0 Å². The molecule has 9 heteroatoms. The third-order valence-electron chi connectivity index (χ3n) is 3.95. The number of hydrogen-bond donors (Lipinski definition) is 1. The average molecular weight is 414 g/mol. The van der Waals surface area contributed by atoms with Crippen LogP contribution in [0.4, 0.5) is 5.69 Å². The van der Waals surface area contributed by atoms with Crippen molar-refractivity contribution >= 4 is 40.5 Å². The molecule has 0 amide bonds. The Morgan fingerprint density at radius 2 is 1.96 bits per heavy atom. The second-order valence-electron chi connectivity index (χ2n) is 5.79. The van der Waals surface area contributed by atoms with E-state index >= 15 is 0 Å². The molecule has 2 heterocycles. The Labute approximate surface area is 164 Å². The van der Waals surface area contributed by atoms with E-state index in [0.29, 0.717) is 27.2 Å². The lowest BCUT2D eigenvalue weighted by Gasteiger charge is -2.16. The van der Waals surface area contributed by atoms with Crippen LogP contribution in [0.15, 0.2) is 33.7 Å². The van der Waals surface area contributed by atoms with Gasteiger partial charge in [-0.2, -0.15) is 9.78 Å². The maximum atomic E-state index is 12.6. The van der Waals surface area contributed by atoms with Gasteiger partial charge in [0.25, 0.3) is 5.56 Å². The molecular formula is C17H15Cl3N4O2. The predicted molar refractivity (Wildman–Crippen MR) is 103 cm³/mol. The standard InChI is InChI=1S/C17H15Cl3N4O2/c1-8(15-9(2)23-26-10(15)3)22-13-7-21-24(17(25)16(13)20)14-5-4-11(18)6-12(14)19/h4-8,22H,1-3H3. The van der Waals surface area contributed by atoms with E-state index in [-0.39, 0.29) is 11.1 Å². The molecule has 136 valence electrons. The zero-order valence-corrected chi connectivity index (χ0v) is 16.4. The van der Waals surface area contributed by atoms with Gasteiger partial charge in [0.15, 0.2) is 0 Å². The zero-order chi connectivity index (χ0) is 19.0. The molecule has 2 aromatic heterocycles. The first-order chi connectivity index (χ1) is 12.3. The fourth-order valence-corrected chi connectivity index (χ4v) is 3.44. The number of anilines is 1. The minimum absolute atomic E-state index is 0.00428. The van der Waals surface area contributed by atoms with Gasteiger partial charge in [-0.15, -0.1) is 0 Å². The van der Waals surface area contributed by atoms with Gasteiger partial charge >= 0.3 is 0 Å². The van der Waals surface area contributed by atoms with Crippen molar-refractivity contribution < 1.29 is 4.52 Å². The number of aromatic nitrogens is 3. The van der Waals surface area contributed by atoms with E-state index in [1.54, 1.807) is 12.1 Å². The quantitative estimate of drug-likeness (QED) is 0.653. The second kappa shape index (κ2) is 7.31. The molecule has 0 spiro atoms. The smallest absolute Gasteiger partial charge is 0.292 e. The van der Waals surface area contributed by atoms with Gasteiger partial charge < -0.3 is 9.84 Å². The Kier molecular flexibility index (Phi) is 5.27. The number of rotatable bonds is 4. The first kappa shape index (κ1) is 18.8. The van der Waals surface area contributed by atoms with Crippen LogP contribution in [0.2, 0.25) is 15.1 Å². The number of hydrogen-bond acceptors (Lipinski definition) is 5. The monoisotopic (exact) mass is 412 g/mol. The molecule has 0 saturated heterocycles. The lowest BCUT2D eigenvalue weighted by molar-refractivity contribution is 0.392. The van der Waals surface area contributed by atoms with Crippen LogP contribution in [0.1, 0.15) is 30.0 Å². The molecular weight excluding hydrogens is 399 g/mol. The highest BCUT2D eigenvalue weighted by molar-refractivity contribution is 6.36. The van der Waals surface area contributed by atoms with Crippen LogP contribution in [-0.4, -0.2) is 14.9 Å². The third-order valence-corrected chi connectivity index (χ3v) is 4.85. The maximum Gasteiger partial charge on any atom is 0.292 e. The fraction of sp³-hybridized carbons (Fsp3) is 0.235. The van der Waals surface area contributed by atoms with Gasteiger partial charge in [0.1, 0.15) is 10.8 Å². The van der Waals surface area contributed by atoms with Crippen molar-refractivity contribution in [2.75, 3.05) is 5.32 Å². The molecule has 0 radical (unpaired) electrons. The molecule has 1 unspecified atom stereocenters. The topological polar surface area (TPSA) is 73.0 Å². The lowest BCUT2D eigenvalue weighted by Crippen LogP contribution is -2.23. The Morgan fingerprint density at radius 3 is 2.58 bits per heavy atom. The van der Waals surface area contributed by atoms with Crippen LogP contribution >= 0.6 is 34.8 Å². The molecule has 1 atom stereocenters. The molecule has 0 fully saturated rings. The van der Waals surface area contributed by atoms with Gasteiger partial charge in [-0.25, -0.2) is 0 Å². The van der Waals surface area contributed by atoms with Crippen molar-refractivity contribution in [2.24, 2.45) is 0 Å². The molecule has 3 aromatic rings. The van der Waals surface area contributed by atoms with Crippen LogP contribution in [-0.2, 0) is 0 Å². The van der Waals surface area contributed by atoms with Crippen LogP contribution in [0, 0.1) is 13.8 Å². The highest BCUT2D eigenvalue weighted by atomic mass is 35.5. The average Bonchev–Trinajstić information content (AvgIpc) is 2.92. The summed E-state index contributed by atoms with van der Waals surface area (Å²) in [6.45, 7) is 5.60. The lowest BCUT2D eigenvalue weighted by atomic mass is 10.1. The number of nitrogens with one attached hydrogen (secondary N) is 1. The Bertz CT molecular complexity index is 1010. The van der Waals surface area contributed by atoms with Gasteiger partial charge in [-0.05, 0) is 39.0 Å². The normalized spacial score (nSPS) is 12.2. The van der Waals surface area contributed by atoms with E-state index in [2.05, 4.69) is 15.6 Å². The predicted octanol–water partition coefficient (Wildman–Crippen LogP) is 4.97. The van der Waals surface area contributed by atoms with Gasteiger partial charge in [0.05, 0.1) is 34.3 Å². The van der Waals surface area contributed by atoms with Crippen molar-refractivity contribution in [2.45, 2.75) is 26.8 Å². The summed E-state index contributed by atoms with van der Waals surface area (Å²) in [5, 5.41) is 12.0. The summed E-state index contributed by atoms with van der Waals surface area (Å²) < 4.78 is 6.31. The van der Waals surface area contributed by atoms with Gasteiger partial charge in [-0.1, -0.05) is 40.0 Å². The Morgan fingerprint density at radius 1 is 1.23 bits per heavy atom. The molecule has 1 aromatic carbocycles. The van der Waals surface area contributed by atoms with Crippen LogP contribution in [0.3, 0.4) is 0 Å². The van der Waals surface area contributed by atoms with Crippen molar-refractivity contribution in [3.8, 4) is 5.69 Å². The molecule has 0 bridgehead atoms. The second-order valence-corrected chi connectivity index (χ2v) is 7.01. The molecule has 26 heavy (non-hydrogen) atoms. The molecule has 0 saturated carbocycles. The summed E-state index contributed by atoms with van der Waals surface area (Å²) in [5.74, 6) is 0.702. The Balaban J connectivity index is 1.97. The number of aryl methyl sites for hydroxylation is 2. The molecule has 1 N–H and O–H groups in total. The molecule has 0 aliphatic heterocycles. The summed E-state index contributed by atoms with van der Waals surface area (Å²) >= 11 is 18.3. The van der Waals surface area contributed by atoms with Gasteiger partial charge in [0.2, 0.25) is 0 Å². The van der Waals surface area contributed by atoms with E-state index in [1.165, 1.54) is 12.3 Å². The molecule has 3 rings (SSSR count). The SMILES string of the molecule is Cc1noc(C)c1C(C)Nc1cnn(-c2ccc(Cl)cc2Cl)c(=O)c1Cl. The van der Waals surface area contributed by atoms with E-state index < -0.39 is 5.56 Å². The first-order valence-corrected chi connectivity index (χ1v) is 8.85. The first-order valence-electron chi connectivity index (χ1n) is 7.72. The van der Waals surface area contributed by atoms with Crippen LogP contribution in [0.5, 0.6) is 0 Å². The summed E-state index contributed by atoms with van der Waals surface area (Å²) in [4.78, 5) is 12.6. The highest BCUT2D eigenvalue weighted by Crippen LogP contribution is 2.28. The van der Waals surface area contributed by atoms with Crippen molar-refractivity contribution in [3.63, 3.8) is 0 Å². The van der Waals surface area contributed by atoms with E-state index in [1.807, 2.05) is 20.8 Å². The van der Waals surface area contributed by atoms with E-state index in [0.717, 1.165) is 15.9 Å². The summed E-state index contributed by atoms with van der Waals surface area (Å²) in [6, 6.07) is 4.59. The molecule has 0 aliphatic rings. The molecule has 0 aliphatic carbocycles. The van der Waals surface area contributed by atoms with Crippen molar-refractivity contribution in [3.05, 3.63) is 66.8 Å². The fourth-order valence-electron chi connectivity index (χ4n) is 2.77. The van der Waals surface area contributed by atoms with Crippen molar-refractivity contribution in [1.82, 2.24) is 14.9 Å². The summed E-state index contributed by atoms with van der Waals surface area (Å²) in [6.07, 6.45) is 1.48. The number of nitrogens with zero attached hydrogens (tertiary/aromatic N) is 3. The minimum Gasteiger partial charge on any atom is -0.376 e. The number of benzene rings is 1. The highest BCUT2D eigenvalue weighted by Gasteiger charge is 2.19. The molecule has 6 nitrogen and oxygen atoms in total. The van der Waals surface area contributed by atoms with Crippen LogP contribution < -0.4 is 10.9 Å². The Hall–Kier alpha value is -2.02. The third kappa shape index (κ3) is 3.45. The minimum atomic E-state index is -0.494. The van der Waals surface area contributed by atoms with E-state index in [9.17, 15) is 4.79 Å². The zero-order valence-electron chi connectivity index (χ0n) is 14.2. The van der Waals surface area contributed by atoms with Crippen LogP contribution in [0.25, 0.3) is 5.69 Å². The van der Waals surface area contributed by atoms with E-state index in [4.69, 9.17) is 39.3 Å². The summed E-state index contributed by atoms with van der Waals surface area (Å²) in [5.41, 5.74) is 1.99. The van der Waals surface area contributed by atoms with Gasteiger partial charge in [-0.3, -0.25) is 4.79 Å². The maximum absolute atomic E-state index is 12.6. The largest absolute Gasteiger partial charge is 0.376 e. The van der Waals surface area contributed by atoms with Gasteiger partial charge in [0, 0.05) is 10.6 Å². The number of halogens is 3.